The van der Waals surface area contributed by atoms with E-state index < -0.39 is 30.0 Å². The highest BCUT2D eigenvalue weighted by molar-refractivity contribution is 7.99. The van der Waals surface area contributed by atoms with Crippen LogP contribution in [0.4, 0.5) is 13.2 Å². The van der Waals surface area contributed by atoms with Crippen LogP contribution in [0.2, 0.25) is 0 Å². The lowest BCUT2D eigenvalue weighted by atomic mass is 9.73. The first-order valence-electron chi connectivity index (χ1n) is 13.3. The van der Waals surface area contributed by atoms with Gasteiger partial charge < -0.3 is 10.3 Å². The maximum atomic E-state index is 13.5. The van der Waals surface area contributed by atoms with Crippen LogP contribution >= 0.6 is 11.8 Å². The third kappa shape index (κ3) is 6.87. The van der Waals surface area contributed by atoms with Gasteiger partial charge in [-0.1, -0.05) is 87.0 Å². The van der Waals surface area contributed by atoms with Gasteiger partial charge in [-0.3, -0.25) is 14.4 Å². The number of nitrogens with one attached hydrogen (secondary N) is 3. The van der Waals surface area contributed by atoms with Gasteiger partial charge in [-0.2, -0.15) is 13.2 Å². The number of benzene rings is 2. The molecular weight excluding hydrogens is 541 g/mol. The van der Waals surface area contributed by atoms with E-state index in [-0.39, 0.29) is 5.92 Å². The van der Waals surface area contributed by atoms with Crippen molar-refractivity contribution in [3.05, 3.63) is 71.5 Å². The highest BCUT2D eigenvalue weighted by Gasteiger charge is 2.49. The van der Waals surface area contributed by atoms with Crippen LogP contribution in [0.5, 0.6) is 0 Å². The number of alkyl halides is 3. The summed E-state index contributed by atoms with van der Waals surface area (Å²) in [5, 5.41) is 2.78. The van der Waals surface area contributed by atoms with Gasteiger partial charge >= 0.3 is 6.18 Å². The monoisotopic (exact) mass is 574 g/mol. The number of hydrogen-bond donors (Lipinski definition) is 3. The van der Waals surface area contributed by atoms with Crippen molar-refractivity contribution in [3.8, 4) is 11.1 Å². The van der Waals surface area contributed by atoms with E-state index in [1.807, 2.05) is 62.4 Å². The SMILES string of the molecule is CC(C)CONC(=O)c1cnc(SCCCCCC2(C(=O)NCC(F)(F)F)c3ccccc3-c3ccccc32)[nH]1. The van der Waals surface area contributed by atoms with Crippen LogP contribution < -0.4 is 10.8 Å². The molecule has 1 aliphatic carbocycles. The number of aromatic nitrogens is 2. The van der Waals surface area contributed by atoms with Crippen molar-refractivity contribution in [2.24, 2.45) is 5.92 Å². The molecule has 0 unspecified atom stereocenters. The van der Waals surface area contributed by atoms with Gasteiger partial charge in [0.25, 0.3) is 5.91 Å². The van der Waals surface area contributed by atoms with Crippen LogP contribution in [0.1, 0.15) is 61.1 Å². The minimum absolute atomic E-state index is 0.287. The van der Waals surface area contributed by atoms with Crippen molar-refractivity contribution in [1.29, 1.82) is 0 Å². The Morgan fingerprint density at radius 1 is 1.02 bits per heavy atom. The molecule has 2 amide bonds. The number of imidazole rings is 1. The quantitative estimate of drug-likeness (QED) is 0.132. The van der Waals surface area contributed by atoms with Crippen LogP contribution in [-0.4, -0.2) is 46.9 Å². The molecule has 3 aromatic rings. The molecule has 0 saturated carbocycles. The molecule has 0 radical (unpaired) electrons. The molecule has 1 aromatic heterocycles. The highest BCUT2D eigenvalue weighted by Crippen LogP contribution is 2.51. The van der Waals surface area contributed by atoms with E-state index in [1.165, 1.54) is 18.0 Å². The van der Waals surface area contributed by atoms with Gasteiger partial charge in [-0.05, 0) is 41.0 Å². The van der Waals surface area contributed by atoms with Crippen molar-refractivity contribution in [3.63, 3.8) is 0 Å². The fraction of sp³-hybridized carbons (Fsp3) is 0.414. The Balaban J connectivity index is 1.37. The zero-order valence-electron chi connectivity index (χ0n) is 22.4. The first-order valence-corrected chi connectivity index (χ1v) is 14.2. The molecule has 1 aliphatic rings. The lowest BCUT2D eigenvalue weighted by molar-refractivity contribution is -0.141. The van der Waals surface area contributed by atoms with Gasteiger partial charge in [0.2, 0.25) is 5.91 Å². The molecule has 0 atom stereocenters. The second-order valence-electron chi connectivity index (χ2n) is 10.2. The molecule has 11 heteroatoms. The highest BCUT2D eigenvalue weighted by atomic mass is 32.2. The van der Waals surface area contributed by atoms with Crippen LogP contribution in [-0.2, 0) is 15.0 Å². The van der Waals surface area contributed by atoms with E-state index in [9.17, 15) is 22.8 Å². The molecule has 0 bridgehead atoms. The van der Waals surface area contributed by atoms with E-state index in [4.69, 9.17) is 4.84 Å². The maximum Gasteiger partial charge on any atom is 0.405 e. The number of hydrogen-bond acceptors (Lipinski definition) is 5. The van der Waals surface area contributed by atoms with Gasteiger partial charge in [0.15, 0.2) is 5.16 Å². The largest absolute Gasteiger partial charge is 0.405 e. The number of thioether (sulfide) groups is 1. The Kier molecular flexibility index (Phi) is 9.57. The third-order valence-corrected chi connectivity index (χ3v) is 7.69. The number of H-pyrrole nitrogens is 1. The van der Waals surface area contributed by atoms with Gasteiger partial charge in [0.05, 0.1) is 12.8 Å². The average molecular weight is 575 g/mol. The number of amides is 2. The Hall–Kier alpha value is -3.31. The minimum Gasteiger partial charge on any atom is -0.346 e. The Morgan fingerprint density at radius 3 is 2.30 bits per heavy atom. The van der Waals surface area contributed by atoms with Crippen LogP contribution in [0.25, 0.3) is 11.1 Å². The lowest BCUT2D eigenvalue weighted by Crippen LogP contribution is -2.47. The lowest BCUT2D eigenvalue weighted by Gasteiger charge is -2.31. The molecule has 0 spiro atoms. The summed E-state index contributed by atoms with van der Waals surface area (Å²) in [5.74, 6) is -0.0177. The number of fused-ring (bicyclic) bond motifs is 3. The van der Waals surface area contributed by atoms with Crippen molar-refractivity contribution in [2.75, 3.05) is 18.9 Å². The molecule has 3 N–H and O–H groups in total. The Morgan fingerprint density at radius 2 is 1.68 bits per heavy atom. The second-order valence-corrected chi connectivity index (χ2v) is 11.3. The molecular formula is C29H33F3N4O3S. The molecule has 0 saturated heterocycles. The summed E-state index contributed by atoms with van der Waals surface area (Å²) in [5.41, 5.74) is 4.73. The standard InChI is InChI=1S/C29H33F3N4O3S/c1-19(2)17-39-36-25(37)24-16-33-27(35-24)40-15-9-3-8-14-28(26(38)34-18-29(30,31)32)22-12-6-4-10-20(22)21-11-5-7-13-23(21)28/h4-7,10-13,16,19H,3,8-9,14-15,17-18H2,1-2H3,(H,33,35)(H,34,38)(H,36,37). The van der Waals surface area contributed by atoms with Crippen LogP contribution in [0.3, 0.4) is 0 Å². The molecule has 40 heavy (non-hydrogen) atoms. The number of halogens is 3. The molecule has 0 fully saturated rings. The van der Waals surface area contributed by atoms with E-state index in [2.05, 4.69) is 20.8 Å². The van der Waals surface area contributed by atoms with Gasteiger partial charge in [-0.15, -0.1) is 0 Å². The van der Waals surface area contributed by atoms with Crippen LogP contribution in [0, 0.1) is 5.92 Å². The maximum absolute atomic E-state index is 13.5. The Bertz CT molecular complexity index is 1280. The van der Waals surface area contributed by atoms with Crippen LogP contribution in [0.15, 0.2) is 59.9 Å². The van der Waals surface area contributed by atoms with Crippen molar-refractivity contribution >= 4 is 23.6 Å². The minimum atomic E-state index is -4.50. The first kappa shape index (κ1) is 29.7. The van der Waals surface area contributed by atoms with E-state index in [0.717, 1.165) is 40.8 Å². The average Bonchev–Trinajstić information content (AvgIpc) is 3.51. The normalized spacial score (nSPS) is 13.7. The number of carbonyl (C=O) groups excluding carboxylic acids is 2. The van der Waals surface area contributed by atoms with Gasteiger partial charge in [0, 0.05) is 5.75 Å². The second kappa shape index (κ2) is 12.9. The number of nitrogens with zero attached hydrogens (tertiary/aromatic N) is 1. The van der Waals surface area contributed by atoms with Gasteiger partial charge in [-0.25, -0.2) is 10.5 Å². The number of aromatic amines is 1. The van der Waals surface area contributed by atoms with E-state index in [0.29, 0.717) is 30.3 Å². The van der Waals surface area contributed by atoms with E-state index >= 15 is 0 Å². The summed E-state index contributed by atoms with van der Waals surface area (Å²) >= 11 is 1.47. The van der Waals surface area contributed by atoms with Crippen molar-refractivity contribution in [1.82, 2.24) is 20.8 Å². The fourth-order valence-electron chi connectivity index (χ4n) is 4.94. The summed E-state index contributed by atoms with van der Waals surface area (Å²) in [4.78, 5) is 38.0. The topological polar surface area (TPSA) is 96.1 Å². The summed E-state index contributed by atoms with van der Waals surface area (Å²) < 4.78 is 39.1. The molecule has 214 valence electrons. The molecule has 1 heterocycles. The fourth-order valence-corrected chi connectivity index (χ4v) is 5.79. The van der Waals surface area contributed by atoms with Gasteiger partial charge in [0.1, 0.15) is 17.7 Å². The zero-order valence-corrected chi connectivity index (χ0v) is 23.3. The molecule has 0 aliphatic heterocycles. The Labute approximate surface area is 235 Å². The smallest absolute Gasteiger partial charge is 0.346 e. The summed E-state index contributed by atoms with van der Waals surface area (Å²) in [6.07, 6.45) is -0.455. The molecule has 7 nitrogen and oxygen atoms in total. The predicted octanol–water partition coefficient (Wildman–Crippen LogP) is 6.02. The third-order valence-electron chi connectivity index (χ3n) is 6.71. The predicted molar refractivity (Wildman–Crippen MR) is 148 cm³/mol. The zero-order chi connectivity index (χ0) is 28.8. The summed E-state index contributed by atoms with van der Waals surface area (Å²) in [6.45, 7) is 2.99. The van der Waals surface area contributed by atoms with Crippen molar-refractivity contribution in [2.45, 2.75) is 56.3 Å². The summed E-state index contributed by atoms with van der Waals surface area (Å²) in [6, 6.07) is 14.9. The molecule has 4 rings (SSSR count). The number of rotatable bonds is 13. The first-order chi connectivity index (χ1) is 19.1. The molecule has 2 aromatic carbocycles. The van der Waals surface area contributed by atoms with E-state index in [1.54, 1.807) is 0 Å². The summed E-state index contributed by atoms with van der Waals surface area (Å²) in [7, 11) is 0. The number of hydroxylamine groups is 1. The number of unbranched alkanes of at least 4 members (excludes halogenated alkanes) is 2. The van der Waals surface area contributed by atoms with Crippen molar-refractivity contribution < 1.29 is 27.6 Å². The number of carbonyl (C=O) groups is 2.